The van der Waals surface area contributed by atoms with Crippen LogP contribution in [0.2, 0.25) is 0 Å². The van der Waals surface area contributed by atoms with Gasteiger partial charge < -0.3 is 10.5 Å². The number of aromatic nitrogens is 1. The average Bonchev–Trinajstić information content (AvgIpc) is 2.26. The van der Waals surface area contributed by atoms with E-state index in [0.717, 1.165) is 17.2 Å². The number of anilines is 1. The summed E-state index contributed by atoms with van der Waals surface area (Å²) in [5.41, 5.74) is 6.40. The fraction of sp³-hybridized carbons (Fsp3) is 0.583. The molecule has 4 heteroatoms. The molecule has 2 N–H and O–H groups in total. The van der Waals surface area contributed by atoms with Crippen LogP contribution in [0.25, 0.3) is 0 Å². The molecule has 1 aromatic heterocycles. The fourth-order valence-corrected chi connectivity index (χ4v) is 1.90. The lowest BCUT2D eigenvalue weighted by Crippen LogP contribution is -2.02. The summed E-state index contributed by atoms with van der Waals surface area (Å²) >= 11 is 1.74. The predicted molar refractivity (Wildman–Crippen MR) is 70.0 cm³/mol. The van der Waals surface area contributed by atoms with Crippen LogP contribution >= 0.6 is 11.8 Å². The van der Waals surface area contributed by atoms with Gasteiger partial charge >= 0.3 is 0 Å². The molecule has 0 unspecified atom stereocenters. The zero-order valence-electron chi connectivity index (χ0n) is 10.2. The summed E-state index contributed by atoms with van der Waals surface area (Å²) in [4.78, 5) is 4.40. The fourth-order valence-electron chi connectivity index (χ4n) is 1.08. The van der Waals surface area contributed by atoms with Crippen LogP contribution in [-0.4, -0.2) is 17.3 Å². The van der Waals surface area contributed by atoms with Crippen LogP contribution in [0.4, 0.5) is 5.69 Å². The molecule has 0 saturated carbocycles. The topological polar surface area (TPSA) is 48.1 Å². The third-order valence-corrected chi connectivity index (χ3v) is 3.23. The molecule has 1 rings (SSSR count). The summed E-state index contributed by atoms with van der Waals surface area (Å²) in [7, 11) is 0. The molecular weight excluding hydrogens is 220 g/mol. The predicted octanol–water partition coefficient (Wildman–Crippen LogP) is 3.20. The highest BCUT2D eigenvalue weighted by atomic mass is 32.2. The van der Waals surface area contributed by atoms with Crippen LogP contribution in [0, 0.1) is 5.92 Å². The summed E-state index contributed by atoms with van der Waals surface area (Å²) in [6.07, 6.45) is 0.963. The molecule has 0 atom stereocenters. The van der Waals surface area contributed by atoms with Crippen molar-refractivity contribution in [3.05, 3.63) is 12.1 Å². The van der Waals surface area contributed by atoms with E-state index in [1.54, 1.807) is 11.8 Å². The molecule has 0 aliphatic carbocycles. The lowest BCUT2D eigenvalue weighted by atomic mass is 10.3. The van der Waals surface area contributed by atoms with Gasteiger partial charge in [-0.1, -0.05) is 20.8 Å². The summed E-state index contributed by atoms with van der Waals surface area (Å²) in [5.74, 6) is 2.28. The van der Waals surface area contributed by atoms with Crippen LogP contribution in [0.3, 0.4) is 0 Å². The first-order valence-electron chi connectivity index (χ1n) is 5.65. The summed E-state index contributed by atoms with van der Waals surface area (Å²) in [6, 6.07) is 3.81. The van der Waals surface area contributed by atoms with Crippen molar-refractivity contribution in [2.45, 2.75) is 32.2 Å². The Bertz CT molecular complexity index is 329. The molecule has 0 saturated heterocycles. The maximum absolute atomic E-state index is 5.79. The van der Waals surface area contributed by atoms with E-state index in [2.05, 4.69) is 25.8 Å². The molecule has 0 aliphatic heterocycles. The van der Waals surface area contributed by atoms with Gasteiger partial charge in [-0.15, -0.1) is 11.8 Å². The molecule has 0 bridgehead atoms. The Morgan fingerprint density at radius 1 is 1.44 bits per heavy atom. The minimum absolute atomic E-state index is 0.565. The second-order valence-corrected chi connectivity index (χ2v) is 5.14. The van der Waals surface area contributed by atoms with Crippen molar-refractivity contribution < 1.29 is 4.74 Å². The normalized spacial score (nSPS) is 10.8. The second kappa shape index (κ2) is 6.63. The van der Waals surface area contributed by atoms with Gasteiger partial charge in [0.15, 0.2) is 0 Å². The molecule has 0 spiro atoms. The maximum Gasteiger partial charge on any atom is 0.238 e. The third-order valence-electron chi connectivity index (χ3n) is 1.87. The largest absolute Gasteiger partial charge is 0.476 e. The smallest absolute Gasteiger partial charge is 0.238 e. The number of pyridine rings is 1. The molecule has 0 aromatic carbocycles. The number of ether oxygens (including phenoxy) is 1. The summed E-state index contributed by atoms with van der Waals surface area (Å²) < 4.78 is 5.48. The maximum atomic E-state index is 5.79. The van der Waals surface area contributed by atoms with E-state index in [4.69, 9.17) is 10.5 Å². The van der Waals surface area contributed by atoms with Gasteiger partial charge in [0, 0.05) is 5.75 Å². The average molecular weight is 240 g/mol. The van der Waals surface area contributed by atoms with Gasteiger partial charge in [0.25, 0.3) is 0 Å². The van der Waals surface area contributed by atoms with E-state index >= 15 is 0 Å². The van der Waals surface area contributed by atoms with Gasteiger partial charge in [-0.05, 0) is 24.5 Å². The van der Waals surface area contributed by atoms with Crippen molar-refractivity contribution >= 4 is 17.4 Å². The van der Waals surface area contributed by atoms with Crippen molar-refractivity contribution in [1.82, 2.24) is 4.98 Å². The lowest BCUT2D eigenvalue weighted by Gasteiger charge is -2.09. The third kappa shape index (κ3) is 4.31. The number of nitrogens with two attached hydrogens (primary N) is 1. The second-order valence-electron chi connectivity index (χ2n) is 4.10. The van der Waals surface area contributed by atoms with Crippen LogP contribution in [0.15, 0.2) is 17.2 Å². The molecule has 0 aliphatic rings. The molecular formula is C12H20N2OS. The molecule has 0 radical (unpaired) electrons. The SMILES string of the molecule is CCCOc1nc(SCC(C)C)ccc1N. The van der Waals surface area contributed by atoms with Crippen molar-refractivity contribution in [2.24, 2.45) is 5.92 Å². The molecule has 90 valence electrons. The Kier molecular flexibility index (Phi) is 5.46. The first-order valence-corrected chi connectivity index (χ1v) is 6.64. The molecule has 1 heterocycles. The van der Waals surface area contributed by atoms with Gasteiger partial charge in [-0.25, -0.2) is 4.98 Å². The Morgan fingerprint density at radius 2 is 2.19 bits per heavy atom. The Morgan fingerprint density at radius 3 is 2.81 bits per heavy atom. The highest BCUT2D eigenvalue weighted by Gasteiger charge is 2.05. The standard InChI is InChI=1S/C12H20N2OS/c1-4-7-15-12-10(13)5-6-11(14-12)16-8-9(2)3/h5-6,9H,4,7-8,13H2,1-3H3. The van der Waals surface area contributed by atoms with Crippen molar-refractivity contribution in [1.29, 1.82) is 0 Å². The quantitative estimate of drug-likeness (QED) is 0.776. The van der Waals surface area contributed by atoms with Crippen LogP contribution in [-0.2, 0) is 0 Å². The van der Waals surface area contributed by atoms with Gasteiger partial charge in [0.2, 0.25) is 5.88 Å². The van der Waals surface area contributed by atoms with Crippen molar-refractivity contribution in [3.8, 4) is 5.88 Å². The van der Waals surface area contributed by atoms with Crippen molar-refractivity contribution in [2.75, 3.05) is 18.1 Å². The first-order chi connectivity index (χ1) is 7.63. The first kappa shape index (κ1) is 13.2. The van der Waals surface area contributed by atoms with E-state index in [9.17, 15) is 0 Å². The molecule has 0 fully saturated rings. The monoisotopic (exact) mass is 240 g/mol. The van der Waals surface area contributed by atoms with E-state index in [1.807, 2.05) is 12.1 Å². The Balaban J connectivity index is 2.65. The molecule has 0 amide bonds. The number of nitrogens with zero attached hydrogens (tertiary/aromatic N) is 1. The highest BCUT2D eigenvalue weighted by Crippen LogP contribution is 2.25. The van der Waals surface area contributed by atoms with Crippen LogP contribution < -0.4 is 10.5 Å². The van der Waals surface area contributed by atoms with E-state index < -0.39 is 0 Å². The summed E-state index contributed by atoms with van der Waals surface area (Å²) in [5, 5.41) is 0.981. The number of hydrogen-bond donors (Lipinski definition) is 1. The highest BCUT2D eigenvalue weighted by molar-refractivity contribution is 7.99. The van der Waals surface area contributed by atoms with Gasteiger partial charge in [0.05, 0.1) is 12.3 Å². The minimum atomic E-state index is 0.565. The van der Waals surface area contributed by atoms with Gasteiger partial charge in [-0.2, -0.15) is 0 Å². The zero-order chi connectivity index (χ0) is 12.0. The number of hydrogen-bond acceptors (Lipinski definition) is 4. The van der Waals surface area contributed by atoms with Crippen molar-refractivity contribution in [3.63, 3.8) is 0 Å². The van der Waals surface area contributed by atoms with Crippen LogP contribution in [0.1, 0.15) is 27.2 Å². The van der Waals surface area contributed by atoms with Crippen LogP contribution in [0.5, 0.6) is 5.88 Å². The summed E-state index contributed by atoms with van der Waals surface area (Å²) in [6.45, 7) is 7.11. The van der Waals surface area contributed by atoms with E-state index in [-0.39, 0.29) is 0 Å². The minimum Gasteiger partial charge on any atom is -0.476 e. The lowest BCUT2D eigenvalue weighted by molar-refractivity contribution is 0.305. The molecule has 1 aromatic rings. The molecule has 16 heavy (non-hydrogen) atoms. The number of thioether (sulfide) groups is 1. The van der Waals surface area contributed by atoms with Gasteiger partial charge in [0.1, 0.15) is 5.03 Å². The Hall–Kier alpha value is -0.900. The van der Waals surface area contributed by atoms with Gasteiger partial charge in [-0.3, -0.25) is 0 Å². The number of rotatable bonds is 6. The zero-order valence-corrected chi connectivity index (χ0v) is 11.0. The van der Waals surface area contributed by atoms with E-state index in [1.165, 1.54) is 0 Å². The number of nitrogen functional groups attached to an aromatic ring is 1. The van der Waals surface area contributed by atoms with E-state index in [0.29, 0.717) is 24.1 Å². The Labute approximate surface area is 102 Å². The molecule has 3 nitrogen and oxygen atoms in total.